The molecule has 39 heavy (non-hydrogen) atoms. The number of ketones is 1. The first kappa shape index (κ1) is 26.0. The summed E-state index contributed by atoms with van der Waals surface area (Å²) in [5, 5.41) is 5.79. The van der Waals surface area contributed by atoms with E-state index in [0.717, 1.165) is 31.6 Å². The number of likely N-dealkylation sites (tertiary alicyclic amines) is 1. The van der Waals surface area contributed by atoms with Gasteiger partial charge in [0.05, 0.1) is 12.2 Å². The van der Waals surface area contributed by atoms with Crippen molar-refractivity contribution in [1.29, 1.82) is 0 Å². The maximum absolute atomic E-state index is 11.5. The van der Waals surface area contributed by atoms with Crippen molar-refractivity contribution in [2.24, 2.45) is 0 Å². The highest BCUT2D eigenvalue weighted by Gasteiger charge is 2.25. The van der Waals surface area contributed by atoms with E-state index in [0.29, 0.717) is 18.4 Å². The number of aryl methyl sites for hydroxylation is 2. The molecule has 5 heterocycles. The zero-order valence-electron chi connectivity index (χ0n) is 23.8. The third-order valence-corrected chi connectivity index (χ3v) is 9.83. The van der Waals surface area contributed by atoms with E-state index in [1.54, 1.807) is 13.3 Å². The molecule has 0 aliphatic carbocycles. The molecule has 0 bridgehead atoms. The van der Waals surface area contributed by atoms with Crippen LogP contribution in [0.25, 0.3) is 37.6 Å². The number of rotatable bonds is 6. The number of carbonyl (C=O) groups is 1. The Morgan fingerprint density at radius 2 is 1.79 bits per heavy atom. The van der Waals surface area contributed by atoms with Gasteiger partial charge in [-0.05, 0) is 98.8 Å². The third-order valence-electron chi connectivity index (χ3n) is 8.58. The van der Waals surface area contributed by atoms with Crippen molar-refractivity contribution in [3.8, 4) is 21.7 Å². The van der Waals surface area contributed by atoms with E-state index >= 15 is 0 Å². The van der Waals surface area contributed by atoms with Gasteiger partial charge in [-0.2, -0.15) is 5.10 Å². The van der Waals surface area contributed by atoms with E-state index in [2.05, 4.69) is 85.0 Å². The van der Waals surface area contributed by atoms with Crippen LogP contribution in [0.3, 0.4) is 0 Å². The van der Waals surface area contributed by atoms with E-state index in [-0.39, 0.29) is 5.78 Å². The number of pyridine rings is 1. The van der Waals surface area contributed by atoms with Crippen LogP contribution in [0.1, 0.15) is 73.3 Å². The van der Waals surface area contributed by atoms with Crippen LogP contribution in [-0.2, 0) is 4.79 Å². The molecule has 0 radical (unpaired) electrons. The number of hydrogen-bond acceptors (Lipinski definition) is 5. The van der Waals surface area contributed by atoms with Gasteiger partial charge < -0.3 is 4.98 Å². The Morgan fingerprint density at radius 3 is 2.46 bits per heavy atom. The summed E-state index contributed by atoms with van der Waals surface area (Å²) in [5.74, 6) is 1.21. The number of carbonyl (C=O) groups excluding carboxylic acids is 1. The Hall–Kier alpha value is -3.29. The molecule has 0 saturated carbocycles. The Morgan fingerprint density at radius 1 is 1.08 bits per heavy atom. The predicted octanol–water partition coefficient (Wildman–Crippen LogP) is 7.42. The third kappa shape index (κ3) is 4.51. The lowest BCUT2D eigenvalue weighted by Gasteiger charge is -2.31. The largest absolute Gasteiger partial charge is 0.346 e. The molecule has 1 N–H and O–H groups in total. The molecule has 6 rings (SSSR count). The average Bonchev–Trinajstić information content (AvgIpc) is 3.61. The molecule has 0 amide bonds. The van der Waals surface area contributed by atoms with E-state index < -0.39 is 0 Å². The first-order valence-electron chi connectivity index (χ1n) is 14.0. The zero-order chi connectivity index (χ0) is 27.4. The highest BCUT2D eigenvalue weighted by Crippen LogP contribution is 2.46. The van der Waals surface area contributed by atoms with Gasteiger partial charge in [-0.1, -0.05) is 38.1 Å². The molecule has 1 aromatic carbocycles. The van der Waals surface area contributed by atoms with Gasteiger partial charge in [0.15, 0.2) is 5.65 Å². The van der Waals surface area contributed by atoms with Crippen LogP contribution in [0, 0.1) is 20.8 Å². The molecule has 1 fully saturated rings. The SMILES string of the molecule is CC(=O)CN1CCC(c2ccc(-c3sc4[nH]c(-c5cn6ncnc6c(C)c5C)c(C(C)C)c4c3C)cc2)CC1. The van der Waals surface area contributed by atoms with E-state index in [1.165, 1.54) is 59.7 Å². The topological polar surface area (TPSA) is 66.3 Å². The number of Topliss-reactive ketones (excluding diaryl/α,β-unsaturated/α-hetero) is 1. The van der Waals surface area contributed by atoms with Crippen LogP contribution in [0.5, 0.6) is 0 Å². The molecule has 0 spiro atoms. The fraction of sp³-hybridized carbons (Fsp3) is 0.406. The number of fused-ring (bicyclic) bond motifs is 2. The number of H-pyrrole nitrogens is 1. The van der Waals surface area contributed by atoms with Crippen LogP contribution in [-0.4, -0.2) is 49.9 Å². The molecule has 7 heteroatoms. The van der Waals surface area contributed by atoms with Crippen molar-refractivity contribution in [3.05, 3.63) is 64.6 Å². The summed E-state index contributed by atoms with van der Waals surface area (Å²) in [6.45, 7) is 15.4. The molecule has 0 unspecified atom stereocenters. The van der Waals surface area contributed by atoms with Crippen molar-refractivity contribution in [3.63, 3.8) is 0 Å². The maximum Gasteiger partial charge on any atom is 0.158 e. The highest BCUT2D eigenvalue weighted by molar-refractivity contribution is 7.22. The standard InChI is InChI=1S/C32H37N5OS/c1-18(2)27-28-22(6)30(25-9-7-23(8-10-25)24-11-13-36(14-12-24)15-19(3)38)39-32(28)35-29(27)26-16-37-31(33-17-34-37)21(5)20(26)4/h7-10,16-18,24,35H,11-15H2,1-6H3. The number of thiophene rings is 1. The first-order chi connectivity index (χ1) is 18.7. The zero-order valence-corrected chi connectivity index (χ0v) is 24.6. The molecule has 1 aliphatic heterocycles. The molecule has 1 saturated heterocycles. The Bertz CT molecular complexity index is 1680. The van der Waals surface area contributed by atoms with Crippen LogP contribution < -0.4 is 0 Å². The van der Waals surface area contributed by atoms with Crippen LogP contribution >= 0.6 is 11.3 Å². The maximum atomic E-state index is 11.5. The van der Waals surface area contributed by atoms with Crippen molar-refractivity contribution in [2.75, 3.05) is 19.6 Å². The van der Waals surface area contributed by atoms with Crippen molar-refractivity contribution < 1.29 is 4.79 Å². The van der Waals surface area contributed by atoms with Gasteiger partial charge in [-0.25, -0.2) is 9.50 Å². The van der Waals surface area contributed by atoms with Gasteiger partial charge in [0.2, 0.25) is 0 Å². The van der Waals surface area contributed by atoms with Gasteiger partial charge in [0, 0.05) is 22.0 Å². The molecule has 6 nitrogen and oxygen atoms in total. The second-order valence-electron chi connectivity index (χ2n) is 11.5. The second kappa shape index (κ2) is 10.0. The molecule has 1 aliphatic rings. The molecule has 0 atom stereocenters. The fourth-order valence-electron chi connectivity index (χ4n) is 6.40. The average molecular weight is 540 g/mol. The quantitative estimate of drug-likeness (QED) is 0.244. The van der Waals surface area contributed by atoms with Gasteiger partial charge in [0.25, 0.3) is 0 Å². The summed E-state index contributed by atoms with van der Waals surface area (Å²) in [6.07, 6.45) is 5.98. The molecular formula is C32H37N5OS. The van der Waals surface area contributed by atoms with Crippen LogP contribution in [0.15, 0.2) is 36.8 Å². The lowest BCUT2D eigenvalue weighted by molar-refractivity contribution is -0.118. The number of aromatic nitrogens is 4. The highest BCUT2D eigenvalue weighted by atomic mass is 32.1. The lowest BCUT2D eigenvalue weighted by atomic mass is 9.88. The summed E-state index contributed by atoms with van der Waals surface area (Å²) >= 11 is 1.86. The normalized spacial score (nSPS) is 15.3. The molecule has 4 aromatic heterocycles. The number of aromatic amines is 1. The van der Waals surface area contributed by atoms with Gasteiger partial charge >= 0.3 is 0 Å². The summed E-state index contributed by atoms with van der Waals surface area (Å²) in [6, 6.07) is 9.25. The van der Waals surface area contributed by atoms with Gasteiger partial charge in [-0.15, -0.1) is 11.3 Å². The number of nitrogens with zero attached hydrogens (tertiary/aromatic N) is 4. The number of nitrogens with one attached hydrogen (secondary N) is 1. The summed E-state index contributed by atoms with van der Waals surface area (Å²) in [7, 11) is 0. The summed E-state index contributed by atoms with van der Waals surface area (Å²) in [4.78, 5) is 24.6. The molecular weight excluding hydrogens is 502 g/mol. The van der Waals surface area contributed by atoms with Gasteiger partial charge in [0.1, 0.15) is 16.9 Å². The predicted molar refractivity (Wildman–Crippen MR) is 161 cm³/mol. The number of piperidine rings is 1. The van der Waals surface area contributed by atoms with Crippen LogP contribution in [0.4, 0.5) is 0 Å². The van der Waals surface area contributed by atoms with E-state index in [9.17, 15) is 4.79 Å². The van der Waals surface area contributed by atoms with E-state index in [4.69, 9.17) is 0 Å². The van der Waals surface area contributed by atoms with Crippen molar-refractivity contribution in [1.82, 2.24) is 24.5 Å². The van der Waals surface area contributed by atoms with Crippen molar-refractivity contribution in [2.45, 2.75) is 66.2 Å². The summed E-state index contributed by atoms with van der Waals surface area (Å²) in [5.41, 5.74) is 11.1. The Balaban J connectivity index is 1.33. The van der Waals surface area contributed by atoms with Crippen molar-refractivity contribution >= 4 is 33.0 Å². The van der Waals surface area contributed by atoms with Crippen LogP contribution in [0.2, 0.25) is 0 Å². The summed E-state index contributed by atoms with van der Waals surface area (Å²) < 4.78 is 1.89. The van der Waals surface area contributed by atoms with Gasteiger partial charge in [-0.3, -0.25) is 9.69 Å². The smallest absolute Gasteiger partial charge is 0.158 e. The minimum absolute atomic E-state index is 0.259. The van der Waals surface area contributed by atoms with E-state index in [1.807, 2.05) is 15.9 Å². The molecule has 202 valence electrons. The minimum Gasteiger partial charge on any atom is -0.346 e. The Labute approximate surface area is 234 Å². The number of benzene rings is 1. The molecule has 5 aromatic rings. The monoisotopic (exact) mass is 539 g/mol. The lowest BCUT2D eigenvalue weighted by Crippen LogP contribution is -2.36. The first-order valence-corrected chi connectivity index (χ1v) is 14.8. The second-order valence-corrected chi connectivity index (χ2v) is 12.5. The number of hydrogen-bond donors (Lipinski definition) is 1. The minimum atomic E-state index is 0.259. The fourth-order valence-corrected chi connectivity index (χ4v) is 7.63. The Kier molecular flexibility index (Phi) is 6.68.